The zero-order chi connectivity index (χ0) is 20.7. The van der Waals surface area contributed by atoms with Crippen molar-refractivity contribution in [1.82, 2.24) is 29.5 Å². The van der Waals surface area contributed by atoms with Crippen molar-refractivity contribution < 1.29 is 4.79 Å². The van der Waals surface area contributed by atoms with Crippen LogP contribution in [-0.4, -0.2) is 42.3 Å². The molecule has 0 aliphatic heterocycles. The molecule has 0 amide bonds. The average molecular weight is 399 g/mol. The summed E-state index contributed by atoms with van der Waals surface area (Å²) in [5.41, 5.74) is 2.41. The summed E-state index contributed by atoms with van der Waals surface area (Å²) in [5, 5.41) is 3.49. The Morgan fingerprint density at radius 2 is 1.97 bits per heavy atom. The molecule has 3 N–H and O–H groups in total. The van der Waals surface area contributed by atoms with E-state index in [9.17, 15) is 9.59 Å². The van der Waals surface area contributed by atoms with E-state index in [4.69, 9.17) is 0 Å². The Balaban J connectivity index is 1.53. The number of hydrogen-bond donors (Lipinski definition) is 3. The molecule has 0 radical (unpaired) electrons. The molecule has 5 heterocycles. The highest BCUT2D eigenvalue weighted by Gasteiger charge is 2.19. The number of pyridine rings is 3. The maximum atomic E-state index is 13.1. The van der Waals surface area contributed by atoms with E-state index in [-0.39, 0.29) is 17.9 Å². The fourth-order valence-electron chi connectivity index (χ4n) is 3.54. The van der Waals surface area contributed by atoms with Gasteiger partial charge in [-0.1, -0.05) is 0 Å². The lowest BCUT2D eigenvalue weighted by molar-refractivity contribution is 0.104. The fourth-order valence-corrected chi connectivity index (χ4v) is 3.54. The van der Waals surface area contributed by atoms with Gasteiger partial charge in [-0.25, -0.2) is 15.0 Å². The Hall–Kier alpha value is -4.27. The Morgan fingerprint density at radius 1 is 1.13 bits per heavy atom. The van der Waals surface area contributed by atoms with Crippen LogP contribution in [0.1, 0.15) is 21.7 Å². The molecule has 0 aliphatic carbocycles. The van der Waals surface area contributed by atoms with E-state index in [1.807, 2.05) is 12.1 Å². The third-order valence-electron chi connectivity index (χ3n) is 4.98. The van der Waals surface area contributed by atoms with Gasteiger partial charge >= 0.3 is 0 Å². The summed E-state index contributed by atoms with van der Waals surface area (Å²) in [6.45, 7) is 0.264. The number of anilines is 1. The molecule has 9 nitrogen and oxygen atoms in total. The predicted octanol–water partition coefficient (Wildman–Crippen LogP) is 2.32. The standard InChI is InChI=1S/C21H17N7O2/c1-22-19-13(4-2-7-23-19)18(29)14-10-25-17-12(14)6-9-28(21(17)30)11-16-26-15-5-3-8-24-20(15)27-16/h2-10,25H,11H2,1H3,(H,22,23)(H,24,26,27). The van der Waals surface area contributed by atoms with Crippen LogP contribution in [0.2, 0.25) is 0 Å². The monoisotopic (exact) mass is 399 g/mol. The molecular weight excluding hydrogens is 382 g/mol. The number of H-pyrrole nitrogens is 2. The lowest BCUT2D eigenvalue weighted by atomic mass is 10.0. The van der Waals surface area contributed by atoms with E-state index in [0.29, 0.717) is 39.3 Å². The fraction of sp³-hybridized carbons (Fsp3) is 0.0952. The molecule has 0 bridgehead atoms. The number of fused-ring (bicyclic) bond motifs is 2. The van der Waals surface area contributed by atoms with Crippen LogP contribution in [0.15, 0.2) is 59.9 Å². The first-order valence-corrected chi connectivity index (χ1v) is 9.33. The molecule has 30 heavy (non-hydrogen) atoms. The quantitative estimate of drug-likeness (QED) is 0.390. The Kier molecular flexibility index (Phi) is 4.13. The first kappa shape index (κ1) is 17.8. The molecule has 9 heteroatoms. The van der Waals surface area contributed by atoms with E-state index in [1.165, 1.54) is 4.57 Å². The first-order valence-electron chi connectivity index (χ1n) is 9.33. The van der Waals surface area contributed by atoms with Gasteiger partial charge < -0.3 is 19.9 Å². The Morgan fingerprint density at radius 3 is 2.80 bits per heavy atom. The van der Waals surface area contributed by atoms with Gasteiger partial charge in [-0.05, 0) is 30.3 Å². The third-order valence-corrected chi connectivity index (χ3v) is 4.98. The third kappa shape index (κ3) is 2.84. The molecule has 0 fully saturated rings. The van der Waals surface area contributed by atoms with Crippen molar-refractivity contribution in [2.24, 2.45) is 0 Å². The normalized spacial score (nSPS) is 11.2. The molecule has 0 aliphatic rings. The maximum absolute atomic E-state index is 13.1. The zero-order valence-corrected chi connectivity index (χ0v) is 16.0. The average Bonchev–Trinajstić information content (AvgIpc) is 3.39. The van der Waals surface area contributed by atoms with Crippen LogP contribution < -0.4 is 10.9 Å². The minimum atomic E-state index is -0.236. The summed E-state index contributed by atoms with van der Waals surface area (Å²) in [4.78, 5) is 45.0. The molecule has 148 valence electrons. The van der Waals surface area contributed by atoms with Gasteiger partial charge in [-0.2, -0.15) is 0 Å². The van der Waals surface area contributed by atoms with Crippen LogP contribution in [-0.2, 0) is 6.54 Å². The molecule has 0 unspecified atom stereocenters. The number of hydrogen-bond acceptors (Lipinski definition) is 6. The highest BCUT2D eigenvalue weighted by Crippen LogP contribution is 2.22. The minimum Gasteiger partial charge on any atom is -0.373 e. The van der Waals surface area contributed by atoms with Gasteiger partial charge in [-0.3, -0.25) is 9.59 Å². The van der Waals surface area contributed by atoms with Gasteiger partial charge in [0.1, 0.15) is 17.2 Å². The SMILES string of the molecule is CNc1ncccc1C(=O)c1c[nH]c2c(=O)n(Cc3nc4ncccc4[nH]3)ccc12. The van der Waals surface area contributed by atoms with Crippen molar-refractivity contribution in [3.63, 3.8) is 0 Å². The Labute approximate surface area is 169 Å². The highest BCUT2D eigenvalue weighted by atomic mass is 16.1. The van der Waals surface area contributed by atoms with E-state index >= 15 is 0 Å². The summed E-state index contributed by atoms with van der Waals surface area (Å²) in [7, 11) is 1.71. The molecule has 0 saturated heterocycles. The molecule has 0 saturated carbocycles. The molecule has 0 spiro atoms. The summed E-state index contributed by atoms with van der Waals surface area (Å²) in [6, 6.07) is 8.87. The van der Waals surface area contributed by atoms with Crippen molar-refractivity contribution in [3.8, 4) is 0 Å². The lowest BCUT2D eigenvalue weighted by Gasteiger charge is -2.06. The van der Waals surface area contributed by atoms with Gasteiger partial charge in [0, 0.05) is 42.8 Å². The summed E-state index contributed by atoms with van der Waals surface area (Å²) < 4.78 is 1.54. The second kappa shape index (κ2) is 6.96. The number of aromatic nitrogens is 6. The number of aromatic amines is 2. The van der Waals surface area contributed by atoms with Crippen LogP contribution >= 0.6 is 0 Å². The van der Waals surface area contributed by atoms with Crippen LogP contribution in [0, 0.1) is 0 Å². The number of imidazole rings is 1. The molecule has 0 aromatic carbocycles. The molecule has 5 rings (SSSR count). The van der Waals surface area contributed by atoms with Crippen LogP contribution in [0.4, 0.5) is 5.82 Å². The van der Waals surface area contributed by atoms with Crippen molar-refractivity contribution in [3.05, 3.63) is 82.4 Å². The van der Waals surface area contributed by atoms with Crippen molar-refractivity contribution in [2.45, 2.75) is 6.54 Å². The molecule has 5 aromatic heterocycles. The molecular formula is C21H17N7O2. The van der Waals surface area contributed by atoms with Crippen molar-refractivity contribution in [1.29, 1.82) is 0 Å². The first-order chi connectivity index (χ1) is 14.7. The number of carbonyl (C=O) groups excluding carboxylic acids is 1. The summed E-state index contributed by atoms with van der Waals surface area (Å²) in [6.07, 6.45) is 6.52. The van der Waals surface area contributed by atoms with E-state index in [2.05, 4.69) is 30.2 Å². The van der Waals surface area contributed by atoms with Gasteiger partial charge in [0.05, 0.1) is 17.6 Å². The van der Waals surface area contributed by atoms with Gasteiger partial charge in [0.15, 0.2) is 11.4 Å². The van der Waals surface area contributed by atoms with Crippen LogP contribution in [0.3, 0.4) is 0 Å². The van der Waals surface area contributed by atoms with Crippen LogP contribution in [0.25, 0.3) is 22.1 Å². The summed E-state index contributed by atoms with van der Waals surface area (Å²) in [5.74, 6) is 0.907. The zero-order valence-electron chi connectivity index (χ0n) is 16.0. The second-order valence-corrected chi connectivity index (χ2v) is 6.78. The van der Waals surface area contributed by atoms with Gasteiger partial charge in [0.25, 0.3) is 5.56 Å². The van der Waals surface area contributed by atoms with E-state index in [1.54, 1.807) is 50.0 Å². The van der Waals surface area contributed by atoms with E-state index < -0.39 is 0 Å². The molecule has 5 aromatic rings. The highest BCUT2D eigenvalue weighted by molar-refractivity contribution is 6.18. The van der Waals surface area contributed by atoms with Gasteiger partial charge in [-0.15, -0.1) is 0 Å². The number of nitrogens with one attached hydrogen (secondary N) is 3. The van der Waals surface area contributed by atoms with Gasteiger partial charge in [0.2, 0.25) is 0 Å². The smallest absolute Gasteiger partial charge is 0.275 e. The van der Waals surface area contributed by atoms with Crippen molar-refractivity contribution in [2.75, 3.05) is 12.4 Å². The minimum absolute atomic E-state index is 0.209. The van der Waals surface area contributed by atoms with Crippen molar-refractivity contribution >= 4 is 33.7 Å². The van der Waals surface area contributed by atoms with Crippen LogP contribution in [0.5, 0.6) is 0 Å². The largest absolute Gasteiger partial charge is 0.373 e. The topological polar surface area (TPSA) is 121 Å². The lowest BCUT2D eigenvalue weighted by Crippen LogP contribution is -2.20. The second-order valence-electron chi connectivity index (χ2n) is 6.78. The number of carbonyl (C=O) groups is 1. The summed E-state index contributed by atoms with van der Waals surface area (Å²) >= 11 is 0. The van der Waals surface area contributed by atoms with E-state index in [0.717, 1.165) is 5.52 Å². The maximum Gasteiger partial charge on any atom is 0.275 e. The Bertz CT molecular complexity index is 1430. The predicted molar refractivity (Wildman–Crippen MR) is 113 cm³/mol. The molecule has 0 atom stereocenters. The number of rotatable bonds is 5. The number of nitrogens with zero attached hydrogens (tertiary/aromatic N) is 4. The number of ketones is 1.